The van der Waals surface area contributed by atoms with Crippen molar-refractivity contribution in [3.8, 4) is 5.75 Å². The van der Waals surface area contributed by atoms with Gasteiger partial charge < -0.3 is 15.8 Å². The zero-order valence-electron chi connectivity index (χ0n) is 11.1. The summed E-state index contributed by atoms with van der Waals surface area (Å²) < 4.78 is 5.21. The van der Waals surface area contributed by atoms with Gasteiger partial charge in [0.05, 0.1) is 5.56 Å². The predicted molar refractivity (Wildman–Crippen MR) is 73.0 cm³/mol. The smallest absolute Gasteiger partial charge is 0.255 e. The number of nitrogens with two attached hydrogens (primary N) is 1. The minimum atomic E-state index is -0.571. The van der Waals surface area contributed by atoms with Crippen LogP contribution < -0.4 is 15.8 Å². The Morgan fingerprint density at radius 1 is 1.26 bits per heavy atom. The molecule has 0 saturated heterocycles. The lowest BCUT2D eigenvalue weighted by atomic mass is 10.2. The summed E-state index contributed by atoms with van der Waals surface area (Å²) in [5, 5.41) is 2.83. The number of hydrogen-bond donors (Lipinski definition) is 2. The Hall–Kier alpha value is -2.04. The summed E-state index contributed by atoms with van der Waals surface area (Å²) in [5.74, 6) is -0.399. The van der Waals surface area contributed by atoms with Gasteiger partial charge >= 0.3 is 0 Å². The Balaban J connectivity index is 2.60. The van der Waals surface area contributed by atoms with Crippen LogP contribution in [0.5, 0.6) is 5.75 Å². The summed E-state index contributed by atoms with van der Waals surface area (Å²) in [5.41, 5.74) is 5.43. The average molecular weight is 264 g/mol. The third-order valence-electron chi connectivity index (χ3n) is 2.57. The summed E-state index contributed by atoms with van der Waals surface area (Å²) in [4.78, 5) is 22.7. The van der Waals surface area contributed by atoms with Crippen LogP contribution in [-0.4, -0.2) is 25.0 Å². The molecular formula is C14H20N2O3. The third-order valence-corrected chi connectivity index (χ3v) is 2.57. The van der Waals surface area contributed by atoms with E-state index in [1.165, 1.54) is 0 Å². The molecule has 19 heavy (non-hydrogen) atoms. The van der Waals surface area contributed by atoms with Crippen molar-refractivity contribution in [2.45, 2.75) is 26.2 Å². The van der Waals surface area contributed by atoms with Crippen molar-refractivity contribution < 1.29 is 14.3 Å². The van der Waals surface area contributed by atoms with Gasteiger partial charge in [0.15, 0.2) is 6.61 Å². The van der Waals surface area contributed by atoms with Crippen LogP contribution in [0.15, 0.2) is 24.3 Å². The van der Waals surface area contributed by atoms with Crippen molar-refractivity contribution in [2.24, 2.45) is 5.73 Å². The lowest BCUT2D eigenvalue weighted by Crippen LogP contribution is -2.26. The van der Waals surface area contributed by atoms with Crippen LogP contribution in [-0.2, 0) is 4.79 Å². The van der Waals surface area contributed by atoms with Crippen LogP contribution in [0.25, 0.3) is 0 Å². The van der Waals surface area contributed by atoms with E-state index in [1.807, 2.05) is 0 Å². The number of para-hydroxylation sites is 1. The van der Waals surface area contributed by atoms with Gasteiger partial charge in [0, 0.05) is 6.54 Å². The van der Waals surface area contributed by atoms with Gasteiger partial charge in [0.25, 0.3) is 11.8 Å². The van der Waals surface area contributed by atoms with Crippen LogP contribution in [0, 0.1) is 0 Å². The Kier molecular flexibility index (Phi) is 6.43. The van der Waals surface area contributed by atoms with Crippen molar-refractivity contribution in [1.82, 2.24) is 5.32 Å². The fourth-order valence-corrected chi connectivity index (χ4v) is 1.60. The SMILES string of the molecule is CCCCCNC(=O)c1ccccc1OCC(N)=O. The molecule has 0 spiro atoms. The highest BCUT2D eigenvalue weighted by molar-refractivity contribution is 5.97. The zero-order chi connectivity index (χ0) is 14.1. The standard InChI is InChI=1S/C14H20N2O3/c1-2-3-6-9-16-14(18)11-7-4-5-8-12(11)19-10-13(15)17/h4-5,7-8H,2-3,6,9-10H2,1H3,(H2,15,17)(H,16,18). The quantitative estimate of drug-likeness (QED) is 0.698. The summed E-state index contributed by atoms with van der Waals surface area (Å²) >= 11 is 0. The molecule has 2 amide bonds. The van der Waals surface area contributed by atoms with E-state index in [9.17, 15) is 9.59 Å². The molecule has 0 aliphatic carbocycles. The van der Waals surface area contributed by atoms with Crippen molar-refractivity contribution in [3.05, 3.63) is 29.8 Å². The van der Waals surface area contributed by atoms with E-state index in [2.05, 4.69) is 12.2 Å². The van der Waals surface area contributed by atoms with E-state index in [0.717, 1.165) is 19.3 Å². The molecule has 5 nitrogen and oxygen atoms in total. The fraction of sp³-hybridized carbons (Fsp3) is 0.429. The summed E-state index contributed by atoms with van der Waals surface area (Å²) in [6, 6.07) is 6.79. The molecule has 104 valence electrons. The third kappa shape index (κ3) is 5.42. The molecule has 5 heteroatoms. The van der Waals surface area contributed by atoms with E-state index in [0.29, 0.717) is 17.9 Å². The Morgan fingerprint density at radius 3 is 2.68 bits per heavy atom. The van der Waals surface area contributed by atoms with Gasteiger partial charge in [-0.1, -0.05) is 31.9 Å². The molecule has 0 fully saturated rings. The second-order valence-corrected chi connectivity index (χ2v) is 4.21. The highest BCUT2D eigenvalue weighted by Gasteiger charge is 2.11. The monoisotopic (exact) mass is 264 g/mol. The van der Waals surface area contributed by atoms with Crippen LogP contribution in [0.1, 0.15) is 36.5 Å². The first-order chi connectivity index (χ1) is 9.15. The first kappa shape index (κ1) is 15.0. The van der Waals surface area contributed by atoms with Crippen molar-refractivity contribution in [3.63, 3.8) is 0 Å². The van der Waals surface area contributed by atoms with E-state index in [4.69, 9.17) is 10.5 Å². The Bertz CT molecular complexity index is 432. The van der Waals surface area contributed by atoms with Gasteiger partial charge in [-0.2, -0.15) is 0 Å². The van der Waals surface area contributed by atoms with Crippen molar-refractivity contribution >= 4 is 11.8 Å². The number of ether oxygens (including phenoxy) is 1. The lowest BCUT2D eigenvalue weighted by molar-refractivity contribution is -0.119. The van der Waals surface area contributed by atoms with E-state index in [-0.39, 0.29) is 12.5 Å². The molecule has 1 rings (SSSR count). The summed E-state index contributed by atoms with van der Waals surface area (Å²) in [6.45, 7) is 2.51. The topological polar surface area (TPSA) is 81.4 Å². The number of hydrogen-bond acceptors (Lipinski definition) is 3. The second kappa shape index (κ2) is 8.13. The summed E-state index contributed by atoms with van der Waals surface area (Å²) in [6.07, 6.45) is 3.14. The largest absolute Gasteiger partial charge is 0.483 e. The van der Waals surface area contributed by atoms with Crippen LogP contribution in [0.4, 0.5) is 0 Å². The van der Waals surface area contributed by atoms with Gasteiger partial charge in [-0.05, 0) is 18.6 Å². The first-order valence-corrected chi connectivity index (χ1v) is 6.43. The average Bonchev–Trinajstić information content (AvgIpc) is 2.41. The Labute approximate surface area is 113 Å². The molecule has 0 unspecified atom stereocenters. The number of primary amides is 1. The van der Waals surface area contributed by atoms with Crippen molar-refractivity contribution in [2.75, 3.05) is 13.2 Å². The van der Waals surface area contributed by atoms with Crippen molar-refractivity contribution in [1.29, 1.82) is 0 Å². The van der Waals surface area contributed by atoms with Crippen LogP contribution in [0.3, 0.4) is 0 Å². The molecule has 1 aromatic carbocycles. The molecule has 0 heterocycles. The molecule has 0 saturated carbocycles. The molecule has 1 aromatic rings. The number of carbonyl (C=O) groups excluding carboxylic acids is 2. The Morgan fingerprint density at radius 2 is 2.00 bits per heavy atom. The molecule has 0 aromatic heterocycles. The predicted octanol–water partition coefficient (Wildman–Crippen LogP) is 1.47. The molecule has 0 radical (unpaired) electrons. The minimum absolute atomic E-state index is 0.198. The van der Waals surface area contributed by atoms with Gasteiger partial charge in [-0.3, -0.25) is 9.59 Å². The lowest BCUT2D eigenvalue weighted by Gasteiger charge is -2.10. The maximum absolute atomic E-state index is 12.0. The van der Waals surface area contributed by atoms with Gasteiger partial charge in [0.1, 0.15) is 5.75 Å². The van der Waals surface area contributed by atoms with E-state index >= 15 is 0 Å². The number of rotatable bonds is 8. The van der Waals surface area contributed by atoms with E-state index < -0.39 is 5.91 Å². The highest BCUT2D eigenvalue weighted by atomic mass is 16.5. The van der Waals surface area contributed by atoms with Crippen LogP contribution >= 0.6 is 0 Å². The van der Waals surface area contributed by atoms with Crippen LogP contribution in [0.2, 0.25) is 0 Å². The normalized spacial score (nSPS) is 9.95. The maximum atomic E-state index is 12.0. The molecule has 0 aliphatic heterocycles. The number of unbranched alkanes of at least 4 members (excludes halogenated alkanes) is 2. The number of amides is 2. The molecule has 0 atom stereocenters. The van der Waals surface area contributed by atoms with Gasteiger partial charge in [-0.25, -0.2) is 0 Å². The van der Waals surface area contributed by atoms with E-state index in [1.54, 1.807) is 24.3 Å². The number of carbonyl (C=O) groups is 2. The summed E-state index contributed by atoms with van der Waals surface area (Å²) in [7, 11) is 0. The molecule has 3 N–H and O–H groups in total. The zero-order valence-corrected chi connectivity index (χ0v) is 11.1. The highest BCUT2D eigenvalue weighted by Crippen LogP contribution is 2.17. The fourth-order valence-electron chi connectivity index (χ4n) is 1.60. The minimum Gasteiger partial charge on any atom is -0.483 e. The second-order valence-electron chi connectivity index (χ2n) is 4.21. The number of benzene rings is 1. The molecular weight excluding hydrogens is 244 g/mol. The van der Waals surface area contributed by atoms with Gasteiger partial charge in [0.2, 0.25) is 0 Å². The number of nitrogens with one attached hydrogen (secondary N) is 1. The maximum Gasteiger partial charge on any atom is 0.255 e. The molecule has 0 aliphatic rings. The molecule has 0 bridgehead atoms. The van der Waals surface area contributed by atoms with Gasteiger partial charge in [-0.15, -0.1) is 0 Å². The first-order valence-electron chi connectivity index (χ1n) is 6.43.